The van der Waals surface area contributed by atoms with E-state index in [4.69, 9.17) is 4.74 Å². The Bertz CT molecular complexity index is 706. The lowest BCUT2D eigenvalue weighted by atomic mass is 10.1. The van der Waals surface area contributed by atoms with Crippen LogP contribution in [0.4, 0.5) is 11.4 Å². The predicted octanol–water partition coefficient (Wildman–Crippen LogP) is 5.11. The lowest BCUT2D eigenvalue weighted by Gasteiger charge is -2.30. The summed E-state index contributed by atoms with van der Waals surface area (Å²) in [5.41, 5.74) is 2.63. The maximum absolute atomic E-state index is 12.7. The topological polar surface area (TPSA) is 41.6 Å². The molecular weight excluding hydrogens is 324 g/mol. The van der Waals surface area contributed by atoms with Gasteiger partial charge in [-0.05, 0) is 62.1 Å². The molecule has 1 N–H and O–H groups in total. The van der Waals surface area contributed by atoms with E-state index in [1.165, 1.54) is 19.3 Å². The number of para-hydroxylation sites is 2. The Morgan fingerprint density at radius 3 is 2.50 bits per heavy atom. The van der Waals surface area contributed by atoms with Gasteiger partial charge in [0.2, 0.25) is 0 Å². The average molecular weight is 352 g/mol. The summed E-state index contributed by atoms with van der Waals surface area (Å²) in [4.78, 5) is 15.0. The van der Waals surface area contributed by atoms with Crippen LogP contribution in [-0.2, 0) is 0 Å². The van der Waals surface area contributed by atoms with E-state index in [-0.39, 0.29) is 5.91 Å². The van der Waals surface area contributed by atoms with Crippen LogP contribution in [0.5, 0.6) is 5.75 Å². The average Bonchev–Trinajstić information content (AvgIpc) is 2.70. The number of nitrogens with one attached hydrogen (secondary N) is 1. The van der Waals surface area contributed by atoms with E-state index in [0.717, 1.165) is 43.1 Å². The largest absolute Gasteiger partial charge is 0.494 e. The third kappa shape index (κ3) is 4.78. The lowest BCUT2D eigenvalue weighted by Crippen LogP contribution is -2.30. The molecule has 3 rings (SSSR count). The number of benzene rings is 2. The molecule has 0 bridgehead atoms. The van der Waals surface area contributed by atoms with E-state index in [1.807, 2.05) is 42.5 Å². The molecule has 1 aliphatic rings. The van der Waals surface area contributed by atoms with Crippen LogP contribution < -0.4 is 15.0 Å². The van der Waals surface area contributed by atoms with Gasteiger partial charge in [0.05, 0.1) is 18.0 Å². The van der Waals surface area contributed by atoms with Crippen molar-refractivity contribution >= 4 is 17.3 Å². The van der Waals surface area contributed by atoms with Gasteiger partial charge in [-0.25, -0.2) is 0 Å². The van der Waals surface area contributed by atoms with Gasteiger partial charge in [-0.2, -0.15) is 0 Å². The van der Waals surface area contributed by atoms with Gasteiger partial charge in [0.25, 0.3) is 5.91 Å². The summed E-state index contributed by atoms with van der Waals surface area (Å²) >= 11 is 0. The van der Waals surface area contributed by atoms with Crippen LogP contribution in [-0.4, -0.2) is 25.6 Å². The van der Waals surface area contributed by atoms with Gasteiger partial charge in [0, 0.05) is 18.7 Å². The van der Waals surface area contributed by atoms with E-state index in [9.17, 15) is 4.79 Å². The quantitative estimate of drug-likeness (QED) is 0.704. The Labute approximate surface area is 156 Å². The monoisotopic (exact) mass is 352 g/mol. The summed E-state index contributed by atoms with van der Waals surface area (Å²) in [6.07, 6.45) is 5.85. The summed E-state index contributed by atoms with van der Waals surface area (Å²) in [5, 5.41) is 3.07. The van der Waals surface area contributed by atoms with Crippen molar-refractivity contribution in [2.75, 3.05) is 29.9 Å². The van der Waals surface area contributed by atoms with Gasteiger partial charge in [0.1, 0.15) is 5.75 Å². The first-order valence-corrected chi connectivity index (χ1v) is 9.66. The fourth-order valence-electron chi connectivity index (χ4n) is 3.22. The molecule has 0 aromatic heterocycles. The highest BCUT2D eigenvalue weighted by Gasteiger charge is 2.16. The number of hydrogen-bond donors (Lipinski definition) is 1. The van der Waals surface area contributed by atoms with Crippen molar-refractivity contribution in [2.24, 2.45) is 0 Å². The molecule has 0 saturated carbocycles. The smallest absolute Gasteiger partial charge is 0.255 e. The molecule has 1 aliphatic heterocycles. The van der Waals surface area contributed by atoms with Gasteiger partial charge in [0.15, 0.2) is 0 Å². The second-order valence-corrected chi connectivity index (χ2v) is 6.75. The number of rotatable bonds is 7. The third-order valence-corrected chi connectivity index (χ3v) is 4.73. The number of unbranched alkanes of at least 4 members (excludes halogenated alkanes) is 1. The first kappa shape index (κ1) is 18.3. The fourth-order valence-corrected chi connectivity index (χ4v) is 3.22. The molecule has 1 fully saturated rings. The van der Waals surface area contributed by atoms with Crippen molar-refractivity contribution < 1.29 is 9.53 Å². The Kier molecular flexibility index (Phi) is 6.53. The number of carbonyl (C=O) groups excluding carboxylic acids is 1. The third-order valence-electron chi connectivity index (χ3n) is 4.73. The van der Waals surface area contributed by atoms with Crippen LogP contribution in [0.1, 0.15) is 49.4 Å². The maximum Gasteiger partial charge on any atom is 0.255 e. The van der Waals surface area contributed by atoms with E-state index in [0.29, 0.717) is 12.2 Å². The molecular formula is C22H28N2O2. The Morgan fingerprint density at radius 1 is 1.04 bits per heavy atom. The van der Waals surface area contributed by atoms with Gasteiger partial charge < -0.3 is 15.0 Å². The van der Waals surface area contributed by atoms with E-state index in [2.05, 4.69) is 23.2 Å². The van der Waals surface area contributed by atoms with E-state index >= 15 is 0 Å². The Balaban J connectivity index is 1.66. The molecule has 4 nitrogen and oxygen atoms in total. The SMILES string of the molecule is CCCCOc1ccc(C(=O)Nc2ccccc2N2CCCCC2)cc1. The predicted molar refractivity (Wildman–Crippen MR) is 107 cm³/mol. The molecule has 26 heavy (non-hydrogen) atoms. The molecule has 2 aromatic rings. The molecule has 4 heteroatoms. The Morgan fingerprint density at radius 2 is 1.77 bits per heavy atom. The maximum atomic E-state index is 12.7. The van der Waals surface area contributed by atoms with E-state index < -0.39 is 0 Å². The van der Waals surface area contributed by atoms with E-state index in [1.54, 1.807) is 0 Å². The highest BCUT2D eigenvalue weighted by atomic mass is 16.5. The van der Waals surface area contributed by atoms with Crippen molar-refractivity contribution in [2.45, 2.75) is 39.0 Å². The van der Waals surface area contributed by atoms with Crippen molar-refractivity contribution in [3.63, 3.8) is 0 Å². The summed E-state index contributed by atoms with van der Waals surface area (Å²) in [5.74, 6) is 0.721. The molecule has 0 spiro atoms. The fraction of sp³-hybridized carbons (Fsp3) is 0.409. The van der Waals surface area contributed by atoms with Crippen LogP contribution >= 0.6 is 0 Å². The van der Waals surface area contributed by atoms with Crippen molar-refractivity contribution in [3.05, 3.63) is 54.1 Å². The van der Waals surface area contributed by atoms with Gasteiger partial charge in [-0.3, -0.25) is 4.79 Å². The molecule has 138 valence electrons. The molecule has 1 heterocycles. The zero-order valence-electron chi connectivity index (χ0n) is 15.5. The van der Waals surface area contributed by atoms with Crippen molar-refractivity contribution in [3.8, 4) is 5.75 Å². The first-order chi connectivity index (χ1) is 12.8. The number of anilines is 2. The summed E-state index contributed by atoms with van der Waals surface area (Å²) in [6, 6.07) is 15.4. The molecule has 0 unspecified atom stereocenters. The molecule has 0 aliphatic carbocycles. The lowest BCUT2D eigenvalue weighted by molar-refractivity contribution is 0.102. The van der Waals surface area contributed by atoms with Crippen molar-refractivity contribution in [1.29, 1.82) is 0 Å². The zero-order valence-corrected chi connectivity index (χ0v) is 15.5. The Hall–Kier alpha value is -2.49. The van der Waals surface area contributed by atoms with Crippen molar-refractivity contribution in [1.82, 2.24) is 0 Å². The highest BCUT2D eigenvalue weighted by Crippen LogP contribution is 2.28. The minimum atomic E-state index is -0.0884. The molecule has 1 saturated heterocycles. The second-order valence-electron chi connectivity index (χ2n) is 6.75. The summed E-state index contributed by atoms with van der Waals surface area (Å²) in [7, 11) is 0. The second kappa shape index (κ2) is 9.27. The number of ether oxygens (including phenoxy) is 1. The zero-order chi connectivity index (χ0) is 18.2. The number of amides is 1. The molecule has 1 amide bonds. The molecule has 0 atom stereocenters. The van der Waals surface area contributed by atoms with Crippen LogP contribution in [0.3, 0.4) is 0 Å². The molecule has 0 radical (unpaired) electrons. The normalized spacial score (nSPS) is 14.1. The number of piperidine rings is 1. The standard InChI is InChI=1S/C22H28N2O2/c1-2-3-17-26-19-13-11-18(12-14-19)22(25)23-20-9-5-6-10-21(20)24-15-7-4-8-16-24/h5-6,9-14H,2-4,7-8,15-17H2,1H3,(H,23,25). The van der Waals surface area contributed by atoms with Gasteiger partial charge in [-0.1, -0.05) is 25.5 Å². The van der Waals surface area contributed by atoms with Crippen LogP contribution in [0.15, 0.2) is 48.5 Å². The summed E-state index contributed by atoms with van der Waals surface area (Å²) < 4.78 is 5.66. The minimum absolute atomic E-state index is 0.0884. The van der Waals surface area contributed by atoms with Crippen LogP contribution in [0, 0.1) is 0 Å². The minimum Gasteiger partial charge on any atom is -0.494 e. The number of nitrogens with zero attached hydrogens (tertiary/aromatic N) is 1. The summed E-state index contributed by atoms with van der Waals surface area (Å²) in [6.45, 7) is 4.96. The van der Waals surface area contributed by atoms with Gasteiger partial charge in [-0.15, -0.1) is 0 Å². The molecule has 2 aromatic carbocycles. The highest BCUT2D eigenvalue weighted by molar-refractivity contribution is 6.06. The number of hydrogen-bond acceptors (Lipinski definition) is 3. The van der Waals surface area contributed by atoms with Crippen LogP contribution in [0.25, 0.3) is 0 Å². The number of carbonyl (C=O) groups is 1. The first-order valence-electron chi connectivity index (χ1n) is 9.66. The van der Waals surface area contributed by atoms with Crippen LogP contribution in [0.2, 0.25) is 0 Å². The van der Waals surface area contributed by atoms with Gasteiger partial charge >= 0.3 is 0 Å².